The summed E-state index contributed by atoms with van der Waals surface area (Å²) in [4.78, 5) is 11.6. The highest BCUT2D eigenvalue weighted by atomic mass is 32.3. The van der Waals surface area contributed by atoms with E-state index in [0.29, 0.717) is 0 Å². The summed E-state index contributed by atoms with van der Waals surface area (Å²) in [6, 6.07) is -2.17. The summed E-state index contributed by atoms with van der Waals surface area (Å²) < 4.78 is 124. The Labute approximate surface area is 208 Å². The predicted molar refractivity (Wildman–Crippen MR) is 107 cm³/mol. The van der Waals surface area contributed by atoms with Gasteiger partial charge in [-0.2, -0.15) is 30.0 Å². The molecule has 0 aromatic rings. The Hall–Kier alpha value is -1.20. The maximum Gasteiger partial charge on any atom is 0.397 e. The van der Waals surface area contributed by atoms with Crippen molar-refractivity contribution >= 4 is 37.1 Å². The van der Waals surface area contributed by atoms with Gasteiger partial charge in [0, 0.05) is 7.11 Å². The second kappa shape index (κ2) is 11.9. The van der Waals surface area contributed by atoms with Gasteiger partial charge in [-0.3, -0.25) is 13.7 Å². The first kappa shape index (κ1) is 32.0. The molecule has 0 aromatic carbocycles. The van der Waals surface area contributed by atoms with Crippen LogP contribution in [-0.4, -0.2) is 140 Å². The maximum absolute atomic E-state index is 11.6. The third-order valence-corrected chi connectivity index (χ3v) is 6.39. The highest BCUT2D eigenvalue weighted by molar-refractivity contribution is 7.83. The van der Waals surface area contributed by atoms with Gasteiger partial charge in [-0.1, -0.05) is 0 Å². The Morgan fingerprint density at radius 2 is 1.49 bits per heavy atom. The van der Waals surface area contributed by atoms with Crippen molar-refractivity contribution < 1.29 is 91.4 Å². The van der Waals surface area contributed by atoms with Gasteiger partial charge in [0.1, 0.15) is 36.6 Å². The molecule has 0 bridgehead atoms. The van der Waals surface area contributed by atoms with E-state index in [1.165, 1.54) is 4.72 Å². The lowest BCUT2D eigenvalue weighted by atomic mass is 9.96. The first-order chi connectivity index (χ1) is 16.7. The number of methoxy groups -OCH3 is 1. The molecule has 8 N–H and O–H groups in total. The van der Waals surface area contributed by atoms with E-state index >= 15 is 0 Å². The third-order valence-electron chi connectivity index (χ3n) is 4.92. The zero-order valence-electron chi connectivity index (χ0n) is 18.1. The van der Waals surface area contributed by atoms with Crippen LogP contribution >= 0.6 is 0 Å². The van der Waals surface area contributed by atoms with E-state index < -0.39 is 105 Å². The minimum absolute atomic E-state index is 0.896. The first-order valence-corrected chi connectivity index (χ1v) is 13.7. The molecule has 2 rings (SSSR count). The van der Waals surface area contributed by atoms with E-state index in [9.17, 15) is 50.5 Å². The van der Waals surface area contributed by atoms with Gasteiger partial charge in [0.25, 0.3) is 0 Å². The number of aliphatic hydroxyl groups excluding tert-OH is 3. The Balaban J connectivity index is 2.49. The number of rotatable bonds is 11. The minimum atomic E-state index is -5.42. The van der Waals surface area contributed by atoms with Gasteiger partial charge in [0.15, 0.2) is 24.8 Å². The summed E-state index contributed by atoms with van der Waals surface area (Å²) in [5, 5.41) is 40.5. The second-order valence-corrected chi connectivity index (χ2v) is 10.8. The molecular formula is C13H23NO20S3. The van der Waals surface area contributed by atoms with Crippen LogP contribution in [0.15, 0.2) is 0 Å². The monoisotopic (exact) mass is 609 g/mol. The van der Waals surface area contributed by atoms with Gasteiger partial charge in [0.2, 0.25) is 0 Å². The molecule has 4 unspecified atom stereocenters. The molecule has 37 heavy (non-hydrogen) atoms. The SMILES string of the molecule is CO[C@@H]1C(C(=O)O)O[C@@H](O[C@H]2C(COS(=O)(=O)O)O[C@H](O)C(NS(=O)(=O)O)[C@@H]2O)C(OS(=O)(=O)O)[C@@H]1O. The van der Waals surface area contributed by atoms with E-state index in [0.717, 1.165) is 7.11 Å². The van der Waals surface area contributed by atoms with E-state index in [1.807, 2.05) is 0 Å². The van der Waals surface area contributed by atoms with Gasteiger partial charge >= 0.3 is 37.1 Å². The summed E-state index contributed by atoms with van der Waals surface area (Å²) in [6.07, 6.45) is -19.8. The van der Waals surface area contributed by atoms with Crippen LogP contribution in [0.4, 0.5) is 0 Å². The zero-order valence-corrected chi connectivity index (χ0v) is 20.6. The number of nitrogens with one attached hydrogen (secondary N) is 1. The summed E-state index contributed by atoms with van der Waals surface area (Å²) >= 11 is 0. The van der Waals surface area contributed by atoms with Crippen molar-refractivity contribution in [2.24, 2.45) is 0 Å². The van der Waals surface area contributed by atoms with E-state index in [4.69, 9.17) is 32.6 Å². The maximum atomic E-state index is 11.6. The average molecular weight is 610 g/mol. The van der Waals surface area contributed by atoms with Crippen molar-refractivity contribution in [3.63, 3.8) is 0 Å². The lowest BCUT2D eigenvalue weighted by Crippen LogP contribution is -2.68. The predicted octanol–water partition coefficient (Wildman–Crippen LogP) is -5.60. The van der Waals surface area contributed by atoms with Crippen molar-refractivity contribution in [3.8, 4) is 0 Å². The molecule has 0 aliphatic carbocycles. The Morgan fingerprint density at radius 3 is 1.95 bits per heavy atom. The molecule has 0 saturated carbocycles. The van der Waals surface area contributed by atoms with Crippen LogP contribution in [0.3, 0.4) is 0 Å². The van der Waals surface area contributed by atoms with Gasteiger partial charge in [0.05, 0.1) is 6.61 Å². The smallest absolute Gasteiger partial charge is 0.397 e. The fourth-order valence-electron chi connectivity index (χ4n) is 3.48. The zero-order chi connectivity index (χ0) is 28.5. The number of hydrogen-bond donors (Lipinski definition) is 8. The van der Waals surface area contributed by atoms with Crippen LogP contribution in [0.2, 0.25) is 0 Å². The number of carboxylic acids is 1. The number of carbonyl (C=O) groups is 1. The molecule has 0 spiro atoms. The molecule has 24 heteroatoms. The third kappa shape index (κ3) is 8.92. The molecule has 21 nitrogen and oxygen atoms in total. The molecule has 2 fully saturated rings. The number of aliphatic hydroxyl groups is 3. The molecule has 218 valence electrons. The summed E-state index contributed by atoms with van der Waals surface area (Å²) in [5.41, 5.74) is 0. The number of carboxylic acid groups (broad SMARTS) is 1. The van der Waals surface area contributed by atoms with E-state index in [2.05, 4.69) is 8.37 Å². The van der Waals surface area contributed by atoms with Crippen molar-refractivity contribution in [1.82, 2.24) is 4.72 Å². The average Bonchev–Trinajstić information content (AvgIpc) is 2.71. The fourth-order valence-corrected chi connectivity index (χ4v) is 4.88. The fraction of sp³-hybridized carbons (Fsp3) is 0.923. The molecular weight excluding hydrogens is 586 g/mol. The standard InChI is InChI=1S/C13H23NO20S3/c1-29-8-6(16)9(34-37(26,27)28)13(33-10(8)11(17)18)32-7-3(2-30-36(23,24)25)31-12(19)4(5(7)15)14-35(20,21)22/h3-10,12-16,19H,2H2,1H3,(H,17,18)(H,20,21,22)(H,23,24,25)(H,26,27,28)/t3?,4?,5-,6+,7-,8-,9?,10?,12-,13+/m0/s1. The van der Waals surface area contributed by atoms with Crippen LogP contribution in [0.5, 0.6) is 0 Å². The van der Waals surface area contributed by atoms with E-state index in [1.54, 1.807) is 0 Å². The van der Waals surface area contributed by atoms with Crippen LogP contribution in [-0.2, 0) is 63.2 Å². The van der Waals surface area contributed by atoms with E-state index in [-0.39, 0.29) is 0 Å². The summed E-state index contributed by atoms with van der Waals surface area (Å²) in [7, 11) is -14.9. The normalized spacial score (nSPS) is 37.8. The molecule has 0 radical (unpaired) electrons. The van der Waals surface area contributed by atoms with Gasteiger partial charge in [-0.25, -0.2) is 13.2 Å². The lowest BCUT2D eigenvalue weighted by Gasteiger charge is -2.46. The molecule has 2 heterocycles. The highest BCUT2D eigenvalue weighted by Gasteiger charge is 2.55. The van der Waals surface area contributed by atoms with Crippen molar-refractivity contribution in [3.05, 3.63) is 0 Å². The second-order valence-electron chi connectivity index (χ2n) is 7.43. The van der Waals surface area contributed by atoms with Gasteiger partial charge in [-0.15, -0.1) is 0 Å². The molecule has 2 aliphatic rings. The summed E-state index contributed by atoms with van der Waals surface area (Å²) in [5.74, 6) is -1.79. The Morgan fingerprint density at radius 1 is 0.892 bits per heavy atom. The van der Waals surface area contributed by atoms with Crippen LogP contribution < -0.4 is 4.72 Å². The molecule has 0 aromatic heterocycles. The number of aliphatic carboxylic acids is 1. The van der Waals surface area contributed by atoms with Crippen molar-refractivity contribution in [1.29, 1.82) is 0 Å². The summed E-state index contributed by atoms with van der Waals surface area (Å²) in [6.45, 7) is -1.27. The van der Waals surface area contributed by atoms with Crippen LogP contribution in [0.1, 0.15) is 0 Å². The van der Waals surface area contributed by atoms with Crippen molar-refractivity contribution in [2.75, 3.05) is 13.7 Å². The number of hydrogen-bond acceptors (Lipinski definition) is 16. The van der Waals surface area contributed by atoms with Crippen LogP contribution in [0.25, 0.3) is 0 Å². The largest absolute Gasteiger partial charge is 0.479 e. The molecule has 0 amide bonds. The lowest BCUT2D eigenvalue weighted by molar-refractivity contribution is -0.337. The molecule has 2 aliphatic heterocycles. The topological polar surface area (TPSA) is 329 Å². The molecule has 2 saturated heterocycles. The molecule has 10 atom stereocenters. The highest BCUT2D eigenvalue weighted by Crippen LogP contribution is 2.32. The quantitative estimate of drug-likeness (QED) is 0.101. The number of ether oxygens (including phenoxy) is 4. The first-order valence-electron chi connectivity index (χ1n) is 9.52. The minimum Gasteiger partial charge on any atom is -0.479 e. The Bertz CT molecular complexity index is 1120. The van der Waals surface area contributed by atoms with Gasteiger partial charge in [-0.05, 0) is 0 Å². The van der Waals surface area contributed by atoms with Crippen LogP contribution in [0, 0.1) is 0 Å². The Kier molecular flexibility index (Phi) is 10.3. The van der Waals surface area contributed by atoms with Crippen molar-refractivity contribution in [2.45, 2.75) is 61.3 Å². The van der Waals surface area contributed by atoms with Gasteiger partial charge < -0.3 is 39.4 Å².